The van der Waals surface area contributed by atoms with Crippen molar-refractivity contribution in [3.8, 4) is 11.4 Å². The Kier molecular flexibility index (Phi) is 3.46. The molecule has 102 valence electrons. The van der Waals surface area contributed by atoms with Crippen molar-refractivity contribution >= 4 is 5.90 Å². The largest absolute Gasteiger partial charge is 0.475 e. The third-order valence-corrected chi connectivity index (χ3v) is 3.39. The molecule has 3 rings (SSSR count). The Morgan fingerprint density at radius 1 is 1.10 bits per heavy atom. The van der Waals surface area contributed by atoms with E-state index in [1.165, 1.54) is 0 Å². The highest BCUT2D eigenvalue weighted by molar-refractivity contribution is 6.00. The summed E-state index contributed by atoms with van der Waals surface area (Å²) in [5, 5.41) is 0. The van der Waals surface area contributed by atoms with Gasteiger partial charge >= 0.3 is 0 Å². The minimum absolute atomic E-state index is 0.224. The number of aliphatic imine (C=N–C) groups is 1. The van der Waals surface area contributed by atoms with Crippen LogP contribution >= 0.6 is 0 Å². The van der Waals surface area contributed by atoms with Crippen LogP contribution < -0.4 is 0 Å². The van der Waals surface area contributed by atoms with Crippen LogP contribution in [0.4, 0.5) is 0 Å². The van der Waals surface area contributed by atoms with E-state index in [-0.39, 0.29) is 6.04 Å². The van der Waals surface area contributed by atoms with Gasteiger partial charge in [-0.2, -0.15) is 0 Å². The van der Waals surface area contributed by atoms with Crippen LogP contribution in [0.2, 0.25) is 0 Å². The van der Waals surface area contributed by atoms with Crippen molar-refractivity contribution in [3.05, 3.63) is 48.3 Å². The lowest BCUT2D eigenvalue weighted by Gasteiger charge is -2.07. The second-order valence-corrected chi connectivity index (χ2v) is 5.17. The first kappa shape index (κ1) is 12.8. The van der Waals surface area contributed by atoms with Gasteiger partial charge < -0.3 is 4.74 Å². The summed E-state index contributed by atoms with van der Waals surface area (Å²) in [6, 6.07) is 9.90. The maximum absolute atomic E-state index is 5.76. The number of aromatic nitrogens is 2. The number of rotatable bonds is 3. The predicted octanol–water partition coefficient (Wildman–Crippen LogP) is 2.95. The molecule has 0 radical (unpaired) electrons. The Balaban J connectivity index is 2.02. The molecule has 0 saturated heterocycles. The van der Waals surface area contributed by atoms with Gasteiger partial charge in [0, 0.05) is 12.4 Å². The molecule has 0 saturated carbocycles. The lowest BCUT2D eigenvalue weighted by Crippen LogP contribution is -2.13. The van der Waals surface area contributed by atoms with Crippen LogP contribution in [0.15, 0.2) is 47.7 Å². The van der Waals surface area contributed by atoms with Crippen LogP contribution in [0, 0.1) is 5.92 Å². The van der Waals surface area contributed by atoms with Crippen molar-refractivity contribution in [2.24, 2.45) is 10.9 Å². The van der Waals surface area contributed by atoms with Crippen molar-refractivity contribution < 1.29 is 4.74 Å². The van der Waals surface area contributed by atoms with Crippen LogP contribution in [0.1, 0.15) is 19.4 Å². The highest BCUT2D eigenvalue weighted by atomic mass is 16.5. The summed E-state index contributed by atoms with van der Waals surface area (Å²) in [5.41, 5.74) is 2.56. The first-order chi connectivity index (χ1) is 9.75. The van der Waals surface area contributed by atoms with Gasteiger partial charge in [0.15, 0.2) is 0 Å². The molecule has 1 aliphatic heterocycles. The predicted molar refractivity (Wildman–Crippen MR) is 78.6 cm³/mol. The molecule has 0 spiro atoms. The molecule has 1 unspecified atom stereocenters. The second-order valence-electron chi connectivity index (χ2n) is 5.17. The lowest BCUT2D eigenvalue weighted by atomic mass is 10.1. The van der Waals surface area contributed by atoms with Crippen molar-refractivity contribution in [2.75, 3.05) is 6.61 Å². The van der Waals surface area contributed by atoms with Crippen LogP contribution in [-0.2, 0) is 4.74 Å². The molecule has 0 aliphatic carbocycles. The molecule has 0 N–H and O–H groups in total. The topological polar surface area (TPSA) is 47.4 Å². The summed E-state index contributed by atoms with van der Waals surface area (Å²) < 4.78 is 5.76. The minimum atomic E-state index is 0.224. The average Bonchev–Trinajstić information content (AvgIpc) is 2.98. The standard InChI is InChI=1S/C16H17N3O/c1-11(2)14-10-20-16(19-14)12-6-5-9-18-15(12)13-7-3-4-8-17-13/h3-9,11,14H,10H2,1-2H3. The Morgan fingerprint density at radius 3 is 2.65 bits per heavy atom. The number of hydrogen-bond donors (Lipinski definition) is 0. The smallest absolute Gasteiger partial charge is 0.218 e. The normalized spacial score (nSPS) is 17.9. The van der Waals surface area contributed by atoms with E-state index in [9.17, 15) is 0 Å². The zero-order chi connectivity index (χ0) is 13.9. The van der Waals surface area contributed by atoms with E-state index in [1.807, 2.05) is 30.3 Å². The quantitative estimate of drug-likeness (QED) is 0.859. The minimum Gasteiger partial charge on any atom is -0.475 e. The number of nitrogens with zero attached hydrogens (tertiary/aromatic N) is 3. The fourth-order valence-electron chi connectivity index (χ4n) is 2.16. The molecule has 3 heterocycles. The molecule has 0 aromatic carbocycles. The summed E-state index contributed by atoms with van der Waals surface area (Å²) in [6.07, 6.45) is 3.53. The summed E-state index contributed by atoms with van der Waals surface area (Å²) in [6.45, 7) is 4.95. The first-order valence-corrected chi connectivity index (χ1v) is 6.83. The van der Waals surface area contributed by atoms with Crippen LogP contribution in [0.5, 0.6) is 0 Å². The Hall–Kier alpha value is -2.23. The number of ether oxygens (including phenoxy) is 1. The molecular formula is C16H17N3O. The van der Waals surface area contributed by atoms with E-state index in [1.54, 1.807) is 12.4 Å². The molecule has 4 nitrogen and oxygen atoms in total. The highest BCUT2D eigenvalue weighted by Gasteiger charge is 2.25. The Bertz CT molecular complexity index is 623. The molecule has 0 amide bonds. The van der Waals surface area contributed by atoms with Crippen molar-refractivity contribution in [1.82, 2.24) is 9.97 Å². The Morgan fingerprint density at radius 2 is 1.95 bits per heavy atom. The van der Waals surface area contributed by atoms with Crippen molar-refractivity contribution in [1.29, 1.82) is 0 Å². The molecule has 2 aromatic rings. The number of pyridine rings is 2. The van der Waals surface area contributed by atoms with Crippen LogP contribution in [0.3, 0.4) is 0 Å². The molecule has 4 heteroatoms. The van der Waals surface area contributed by atoms with Gasteiger partial charge in [0.05, 0.1) is 17.3 Å². The maximum Gasteiger partial charge on any atom is 0.218 e. The summed E-state index contributed by atoms with van der Waals surface area (Å²) in [4.78, 5) is 13.5. The van der Waals surface area contributed by atoms with Gasteiger partial charge in [-0.3, -0.25) is 9.97 Å². The van der Waals surface area contributed by atoms with Gasteiger partial charge in [0.2, 0.25) is 5.90 Å². The van der Waals surface area contributed by atoms with Gasteiger partial charge in [0.25, 0.3) is 0 Å². The fourth-order valence-corrected chi connectivity index (χ4v) is 2.16. The molecule has 2 aromatic heterocycles. The van der Waals surface area contributed by atoms with Gasteiger partial charge in [-0.05, 0) is 30.2 Å². The van der Waals surface area contributed by atoms with Gasteiger partial charge in [0.1, 0.15) is 12.3 Å². The zero-order valence-corrected chi connectivity index (χ0v) is 11.7. The summed E-state index contributed by atoms with van der Waals surface area (Å²) >= 11 is 0. The van der Waals surface area contributed by atoms with E-state index in [0.29, 0.717) is 18.4 Å². The molecule has 0 fully saturated rings. The van der Waals surface area contributed by atoms with Gasteiger partial charge in [-0.25, -0.2) is 4.99 Å². The molecule has 1 atom stereocenters. The summed E-state index contributed by atoms with van der Waals surface area (Å²) in [7, 11) is 0. The fraction of sp³-hybridized carbons (Fsp3) is 0.312. The van der Waals surface area contributed by atoms with Gasteiger partial charge in [-0.15, -0.1) is 0 Å². The second kappa shape index (κ2) is 5.41. The van der Waals surface area contributed by atoms with Crippen molar-refractivity contribution in [2.45, 2.75) is 19.9 Å². The average molecular weight is 267 g/mol. The molecule has 1 aliphatic rings. The van der Waals surface area contributed by atoms with Crippen LogP contribution in [0.25, 0.3) is 11.4 Å². The van der Waals surface area contributed by atoms with Crippen LogP contribution in [-0.4, -0.2) is 28.5 Å². The maximum atomic E-state index is 5.76. The Labute approximate surface area is 118 Å². The van der Waals surface area contributed by atoms with E-state index in [4.69, 9.17) is 4.74 Å². The SMILES string of the molecule is CC(C)C1COC(c2cccnc2-c2ccccn2)=N1. The lowest BCUT2D eigenvalue weighted by molar-refractivity contribution is 0.292. The zero-order valence-electron chi connectivity index (χ0n) is 11.7. The molecule has 0 bridgehead atoms. The van der Waals surface area contributed by atoms with E-state index in [2.05, 4.69) is 28.8 Å². The first-order valence-electron chi connectivity index (χ1n) is 6.83. The van der Waals surface area contributed by atoms with E-state index in [0.717, 1.165) is 17.0 Å². The third-order valence-electron chi connectivity index (χ3n) is 3.39. The van der Waals surface area contributed by atoms with E-state index < -0.39 is 0 Å². The highest BCUT2D eigenvalue weighted by Crippen LogP contribution is 2.24. The number of hydrogen-bond acceptors (Lipinski definition) is 4. The third kappa shape index (κ3) is 2.41. The summed E-state index contributed by atoms with van der Waals surface area (Å²) in [5.74, 6) is 1.15. The van der Waals surface area contributed by atoms with Crippen molar-refractivity contribution in [3.63, 3.8) is 0 Å². The monoisotopic (exact) mass is 267 g/mol. The van der Waals surface area contributed by atoms with E-state index >= 15 is 0 Å². The van der Waals surface area contributed by atoms with Gasteiger partial charge in [-0.1, -0.05) is 19.9 Å². The molecular weight excluding hydrogens is 250 g/mol. The molecule has 20 heavy (non-hydrogen) atoms.